The molecule has 0 radical (unpaired) electrons. The Hall–Kier alpha value is -2.01. The van der Waals surface area contributed by atoms with Crippen LogP contribution in [0.1, 0.15) is 18.1 Å². The van der Waals surface area contributed by atoms with Gasteiger partial charge in [0, 0.05) is 17.7 Å². The van der Waals surface area contributed by atoms with Gasteiger partial charge in [0.2, 0.25) is 0 Å². The van der Waals surface area contributed by atoms with Gasteiger partial charge in [0.15, 0.2) is 5.65 Å². The molecule has 2 aromatic heterocycles. The first-order valence-electron chi connectivity index (χ1n) is 7.47. The summed E-state index contributed by atoms with van der Waals surface area (Å²) in [5, 5.41) is 4.33. The van der Waals surface area contributed by atoms with Crippen molar-refractivity contribution in [2.75, 3.05) is 5.75 Å². The summed E-state index contributed by atoms with van der Waals surface area (Å²) in [6.45, 7) is 2.80. The lowest BCUT2D eigenvalue weighted by atomic mass is 10.1. The molecule has 0 aliphatic heterocycles. The van der Waals surface area contributed by atoms with Crippen LogP contribution in [0.2, 0.25) is 0 Å². The maximum absolute atomic E-state index is 12.1. The Morgan fingerprint density at radius 2 is 1.86 bits per heavy atom. The molecule has 2 heterocycles. The first-order chi connectivity index (χ1) is 10.8. The monoisotopic (exact) mass is 313 g/mol. The molecule has 0 bridgehead atoms. The van der Waals surface area contributed by atoms with Crippen molar-refractivity contribution in [1.82, 2.24) is 14.2 Å². The van der Waals surface area contributed by atoms with Gasteiger partial charge < -0.3 is 0 Å². The molecule has 3 aromatic rings. The molecule has 0 saturated carbocycles. The number of aryl methyl sites for hydroxylation is 2. The van der Waals surface area contributed by atoms with Crippen LogP contribution in [-0.2, 0) is 18.7 Å². The smallest absolute Gasteiger partial charge is 0.250 e. The number of thioether (sulfide) groups is 1. The molecule has 114 valence electrons. The zero-order valence-electron chi connectivity index (χ0n) is 12.6. The minimum atomic E-state index is -0.0662. The van der Waals surface area contributed by atoms with Gasteiger partial charge in [0.05, 0.1) is 6.54 Å². The Morgan fingerprint density at radius 3 is 2.59 bits per heavy atom. The molecular formula is C17H19N3OS. The number of benzene rings is 1. The van der Waals surface area contributed by atoms with E-state index in [1.807, 2.05) is 30.0 Å². The zero-order chi connectivity index (χ0) is 15.4. The summed E-state index contributed by atoms with van der Waals surface area (Å²) in [6.07, 6.45) is 2.83. The third-order valence-corrected chi connectivity index (χ3v) is 4.64. The van der Waals surface area contributed by atoms with E-state index in [0.29, 0.717) is 12.2 Å². The Kier molecular flexibility index (Phi) is 4.63. The van der Waals surface area contributed by atoms with Crippen LogP contribution in [-0.4, -0.2) is 19.9 Å². The highest BCUT2D eigenvalue weighted by atomic mass is 32.2. The van der Waals surface area contributed by atoms with Crippen molar-refractivity contribution in [3.63, 3.8) is 0 Å². The maximum Gasteiger partial charge on any atom is 0.350 e. The summed E-state index contributed by atoms with van der Waals surface area (Å²) in [4.78, 5) is 12.1. The van der Waals surface area contributed by atoms with E-state index >= 15 is 0 Å². The molecule has 1 aromatic carbocycles. The van der Waals surface area contributed by atoms with Crippen LogP contribution in [0.4, 0.5) is 0 Å². The summed E-state index contributed by atoms with van der Waals surface area (Å²) < 4.78 is 3.12. The number of aromatic nitrogens is 3. The molecular weight excluding hydrogens is 294 g/mol. The van der Waals surface area contributed by atoms with E-state index in [2.05, 4.69) is 36.3 Å². The molecule has 0 aliphatic carbocycles. The minimum absolute atomic E-state index is 0.0662. The molecule has 3 rings (SSSR count). The second kappa shape index (κ2) is 6.83. The summed E-state index contributed by atoms with van der Waals surface area (Å²) in [5.41, 5.74) is 3.32. The average Bonchev–Trinajstić information content (AvgIpc) is 2.89. The van der Waals surface area contributed by atoms with Gasteiger partial charge in [-0.2, -0.15) is 11.8 Å². The van der Waals surface area contributed by atoms with Gasteiger partial charge in [-0.25, -0.2) is 9.48 Å². The van der Waals surface area contributed by atoms with E-state index in [9.17, 15) is 4.79 Å². The molecule has 0 aliphatic rings. The largest absolute Gasteiger partial charge is 0.350 e. The fourth-order valence-electron chi connectivity index (χ4n) is 2.33. The van der Waals surface area contributed by atoms with Crippen LogP contribution in [0, 0.1) is 0 Å². The lowest BCUT2D eigenvalue weighted by Crippen LogP contribution is -2.22. The van der Waals surface area contributed by atoms with E-state index in [-0.39, 0.29) is 5.69 Å². The zero-order valence-corrected chi connectivity index (χ0v) is 13.4. The highest BCUT2D eigenvalue weighted by Crippen LogP contribution is 2.13. The Labute approximate surface area is 133 Å². The maximum atomic E-state index is 12.1. The van der Waals surface area contributed by atoms with Crippen molar-refractivity contribution in [2.24, 2.45) is 0 Å². The van der Waals surface area contributed by atoms with Crippen molar-refractivity contribution < 1.29 is 0 Å². The average molecular weight is 313 g/mol. The van der Waals surface area contributed by atoms with Crippen LogP contribution >= 0.6 is 11.8 Å². The first kappa shape index (κ1) is 14.9. The van der Waals surface area contributed by atoms with Crippen LogP contribution in [0.15, 0.2) is 53.5 Å². The van der Waals surface area contributed by atoms with E-state index in [4.69, 9.17) is 0 Å². The van der Waals surface area contributed by atoms with Crippen LogP contribution in [0.3, 0.4) is 0 Å². The summed E-state index contributed by atoms with van der Waals surface area (Å²) in [6, 6.07) is 14.3. The predicted molar refractivity (Wildman–Crippen MR) is 91.4 cm³/mol. The molecule has 4 nitrogen and oxygen atoms in total. The van der Waals surface area contributed by atoms with Gasteiger partial charge in [-0.3, -0.25) is 4.40 Å². The highest BCUT2D eigenvalue weighted by molar-refractivity contribution is 7.98. The quantitative estimate of drug-likeness (QED) is 0.657. The van der Waals surface area contributed by atoms with Gasteiger partial charge in [0.25, 0.3) is 0 Å². The summed E-state index contributed by atoms with van der Waals surface area (Å²) in [5.74, 6) is 1.84. The molecule has 0 unspecified atom stereocenters. The van der Waals surface area contributed by atoms with Gasteiger partial charge >= 0.3 is 5.69 Å². The second-order valence-electron chi connectivity index (χ2n) is 5.16. The Bertz CT molecular complexity index is 805. The topological polar surface area (TPSA) is 39.3 Å². The van der Waals surface area contributed by atoms with Crippen LogP contribution in [0.5, 0.6) is 0 Å². The molecule has 0 spiro atoms. The highest BCUT2D eigenvalue weighted by Gasteiger charge is 2.05. The van der Waals surface area contributed by atoms with Gasteiger partial charge in [-0.05, 0) is 29.7 Å². The van der Waals surface area contributed by atoms with Crippen molar-refractivity contribution in [3.05, 3.63) is 70.3 Å². The van der Waals surface area contributed by atoms with Gasteiger partial charge in [-0.15, -0.1) is 5.10 Å². The number of rotatable bonds is 6. The SMILES string of the molecule is CCc1ccc(CSCCn2nc3ccccn3c2=O)cc1. The number of pyridine rings is 1. The van der Waals surface area contributed by atoms with Crippen molar-refractivity contribution in [3.8, 4) is 0 Å². The normalized spacial score (nSPS) is 11.1. The molecule has 0 saturated heterocycles. The Morgan fingerprint density at radius 1 is 1.09 bits per heavy atom. The Balaban J connectivity index is 1.55. The van der Waals surface area contributed by atoms with Crippen molar-refractivity contribution in [1.29, 1.82) is 0 Å². The van der Waals surface area contributed by atoms with Crippen LogP contribution < -0.4 is 5.69 Å². The fraction of sp³-hybridized carbons (Fsp3) is 0.294. The fourth-order valence-corrected chi connectivity index (χ4v) is 3.20. The van der Waals surface area contributed by atoms with Crippen molar-refractivity contribution in [2.45, 2.75) is 25.6 Å². The van der Waals surface area contributed by atoms with E-state index in [1.54, 1.807) is 15.3 Å². The van der Waals surface area contributed by atoms with Crippen molar-refractivity contribution >= 4 is 17.4 Å². The number of fused-ring (bicyclic) bond motifs is 1. The molecule has 0 amide bonds. The first-order valence-corrected chi connectivity index (χ1v) is 8.63. The standard InChI is InChI=1S/C17H19N3OS/c1-2-14-6-8-15(9-7-14)13-22-12-11-20-17(21)19-10-4-3-5-16(19)18-20/h3-10H,2,11-13H2,1H3. The third-order valence-electron chi connectivity index (χ3n) is 3.64. The molecule has 0 atom stereocenters. The number of hydrogen-bond acceptors (Lipinski definition) is 3. The third kappa shape index (κ3) is 3.25. The second-order valence-corrected chi connectivity index (χ2v) is 6.26. The van der Waals surface area contributed by atoms with Gasteiger partial charge in [-0.1, -0.05) is 37.3 Å². The molecule has 0 fully saturated rings. The lowest BCUT2D eigenvalue weighted by molar-refractivity contribution is 0.639. The number of hydrogen-bond donors (Lipinski definition) is 0. The van der Waals surface area contributed by atoms with E-state index in [0.717, 1.165) is 17.9 Å². The summed E-state index contributed by atoms with van der Waals surface area (Å²) in [7, 11) is 0. The molecule has 0 N–H and O–H groups in total. The molecule has 5 heteroatoms. The van der Waals surface area contributed by atoms with Gasteiger partial charge in [0.1, 0.15) is 0 Å². The predicted octanol–water partition coefficient (Wildman–Crippen LogP) is 2.99. The lowest BCUT2D eigenvalue weighted by Gasteiger charge is -2.03. The minimum Gasteiger partial charge on any atom is -0.250 e. The van der Waals surface area contributed by atoms with E-state index < -0.39 is 0 Å². The van der Waals surface area contributed by atoms with Crippen LogP contribution in [0.25, 0.3) is 5.65 Å². The number of nitrogens with zero attached hydrogens (tertiary/aromatic N) is 3. The van der Waals surface area contributed by atoms with E-state index in [1.165, 1.54) is 11.1 Å². The summed E-state index contributed by atoms with van der Waals surface area (Å²) >= 11 is 1.82. The molecule has 22 heavy (non-hydrogen) atoms.